The molecule has 0 aliphatic heterocycles. The first kappa shape index (κ1) is 8.10. The van der Waals surface area contributed by atoms with Crippen molar-refractivity contribution in [3.8, 4) is 0 Å². The second kappa shape index (κ2) is 2.94. The third-order valence-electron chi connectivity index (χ3n) is 0.652. The minimum absolute atomic E-state index is 0.403. The van der Waals surface area contributed by atoms with Crippen molar-refractivity contribution in [1.82, 2.24) is 8.75 Å². The van der Waals surface area contributed by atoms with E-state index >= 15 is 0 Å². The zero-order valence-corrected chi connectivity index (χ0v) is 9.59. The van der Waals surface area contributed by atoms with Gasteiger partial charge in [0.25, 0.3) is 0 Å². The summed E-state index contributed by atoms with van der Waals surface area (Å²) in [6.07, 6.45) is 1.68. The molecule has 0 N–H and O–H groups in total. The van der Waals surface area contributed by atoms with Crippen molar-refractivity contribution in [2.75, 3.05) is 0 Å². The maximum Gasteiger partial charge on any atom is 0.179 e. The van der Waals surface area contributed by atoms with Gasteiger partial charge >= 0.3 is 0 Å². The van der Waals surface area contributed by atoms with Crippen molar-refractivity contribution < 1.29 is 0 Å². The van der Waals surface area contributed by atoms with Crippen LogP contribution in [0.3, 0.4) is 0 Å². The number of nitrogens with zero attached hydrogens (tertiary/aromatic N) is 2. The first-order chi connectivity index (χ1) is 4.11. The monoisotopic (exact) mass is 334 g/mol. The van der Waals surface area contributed by atoms with Crippen LogP contribution < -0.4 is 0 Å². The Morgan fingerprint density at radius 1 is 1.44 bits per heavy atom. The second-order valence-corrected chi connectivity index (χ2v) is 8.61. The van der Waals surface area contributed by atoms with E-state index in [2.05, 4.69) is 56.5 Å². The highest BCUT2D eigenvalue weighted by Crippen LogP contribution is 2.43. The molecule has 0 atom stereocenters. The number of halogens is 3. The molecule has 0 aliphatic carbocycles. The zero-order valence-electron chi connectivity index (χ0n) is 4.01. The first-order valence-corrected chi connectivity index (χ1v) is 5.06. The molecule has 0 spiro atoms. The molecule has 6 heteroatoms. The summed E-state index contributed by atoms with van der Waals surface area (Å²) in [5.74, 6) is 0. The van der Waals surface area contributed by atoms with Crippen LogP contribution >= 0.6 is 59.5 Å². The van der Waals surface area contributed by atoms with Crippen LogP contribution in [0.4, 0.5) is 0 Å². The molecule has 0 saturated carbocycles. The Labute approximate surface area is 81.8 Å². The van der Waals surface area contributed by atoms with Gasteiger partial charge in [-0.3, -0.25) is 0 Å². The van der Waals surface area contributed by atoms with Gasteiger partial charge in [-0.15, -0.1) is 0 Å². The van der Waals surface area contributed by atoms with E-state index in [1.807, 2.05) is 0 Å². The Kier molecular flexibility index (Phi) is 2.64. The van der Waals surface area contributed by atoms with Crippen LogP contribution in [0.25, 0.3) is 0 Å². The van der Waals surface area contributed by atoms with Crippen molar-refractivity contribution >= 4 is 59.5 Å². The highest BCUT2D eigenvalue weighted by molar-refractivity contribution is 9.38. The molecule has 0 aromatic carbocycles. The van der Waals surface area contributed by atoms with Crippen molar-refractivity contribution in [3.05, 3.63) is 11.9 Å². The Balaban J connectivity index is 2.90. The van der Waals surface area contributed by atoms with E-state index in [0.29, 0.717) is 0 Å². The molecule has 0 bridgehead atoms. The largest absolute Gasteiger partial charge is 0.181 e. The molecule has 0 aliphatic rings. The molecule has 0 amide bonds. The molecule has 1 aromatic rings. The average molecular weight is 337 g/mol. The number of rotatable bonds is 0. The third kappa shape index (κ3) is 2.25. The molecule has 2 nitrogen and oxygen atoms in total. The van der Waals surface area contributed by atoms with Crippen LogP contribution in [0.2, 0.25) is 0 Å². The fourth-order valence-corrected chi connectivity index (χ4v) is 1.68. The van der Waals surface area contributed by atoms with Crippen molar-refractivity contribution in [3.63, 3.8) is 0 Å². The van der Waals surface area contributed by atoms with Crippen molar-refractivity contribution in [1.29, 1.82) is 0 Å². The highest BCUT2D eigenvalue weighted by Gasteiger charge is 2.23. The second-order valence-electron chi connectivity index (χ2n) is 1.29. The molecule has 0 saturated heterocycles. The van der Waals surface area contributed by atoms with Crippen molar-refractivity contribution in [2.24, 2.45) is 0 Å². The normalized spacial score (nSPS) is 11.9. The molecular weight excluding hydrogens is 336 g/mol. The van der Waals surface area contributed by atoms with Gasteiger partial charge < -0.3 is 0 Å². The number of hydrogen-bond donors (Lipinski definition) is 0. The van der Waals surface area contributed by atoms with Gasteiger partial charge in [-0.25, -0.2) is 0 Å². The smallest absolute Gasteiger partial charge is 0.179 e. The van der Waals surface area contributed by atoms with Gasteiger partial charge in [-0.1, -0.05) is 47.8 Å². The first-order valence-electron chi connectivity index (χ1n) is 1.95. The predicted octanol–water partition coefficient (Wildman–Crippen LogP) is 2.83. The Morgan fingerprint density at radius 2 is 2.11 bits per heavy atom. The van der Waals surface area contributed by atoms with Crippen LogP contribution in [0.5, 0.6) is 0 Å². The van der Waals surface area contributed by atoms with Gasteiger partial charge in [-0.05, 0) is 0 Å². The molecule has 0 radical (unpaired) electrons. The Morgan fingerprint density at radius 3 is 2.33 bits per heavy atom. The van der Waals surface area contributed by atoms with E-state index in [0.717, 1.165) is 5.69 Å². The summed E-state index contributed by atoms with van der Waals surface area (Å²) in [7, 11) is 0. The fourth-order valence-electron chi connectivity index (χ4n) is 0.290. The topological polar surface area (TPSA) is 25.8 Å². The lowest BCUT2D eigenvalue weighted by Gasteiger charge is -2.04. The zero-order chi connectivity index (χ0) is 6.91. The molecule has 1 aromatic heterocycles. The Bertz CT molecular complexity index is 179. The number of alkyl halides is 3. The van der Waals surface area contributed by atoms with Gasteiger partial charge in [0.1, 0.15) is 5.69 Å². The molecule has 0 unspecified atom stereocenters. The van der Waals surface area contributed by atoms with Crippen LogP contribution in [0, 0.1) is 0 Å². The summed E-state index contributed by atoms with van der Waals surface area (Å²) >= 11 is 11.1. The molecule has 50 valence electrons. The van der Waals surface area contributed by atoms with Gasteiger partial charge in [-0.2, -0.15) is 8.75 Å². The molecule has 1 rings (SSSR count). The standard InChI is InChI=1S/C3HBr3N2S/c4-3(5,6)2-1-7-9-8-2/h1H. The SMILES string of the molecule is BrC(Br)(Br)c1cnsn1. The highest BCUT2D eigenvalue weighted by atomic mass is 80.0. The fraction of sp³-hybridized carbons (Fsp3) is 0.333. The summed E-state index contributed by atoms with van der Waals surface area (Å²) in [6, 6.07) is 0. The minimum atomic E-state index is -0.403. The summed E-state index contributed by atoms with van der Waals surface area (Å²) in [4.78, 5) is 0. The quantitative estimate of drug-likeness (QED) is 0.681. The summed E-state index contributed by atoms with van der Waals surface area (Å²) in [6.45, 7) is 0. The predicted molar refractivity (Wildman–Crippen MR) is 48.4 cm³/mol. The number of hydrogen-bond acceptors (Lipinski definition) is 3. The maximum absolute atomic E-state index is 3.98. The Hall–Kier alpha value is 1.00. The summed E-state index contributed by atoms with van der Waals surface area (Å²) in [5.41, 5.74) is 0.826. The average Bonchev–Trinajstić information content (AvgIpc) is 2.08. The van der Waals surface area contributed by atoms with E-state index in [-0.39, 0.29) is 0 Å². The van der Waals surface area contributed by atoms with Gasteiger partial charge in [0.05, 0.1) is 17.9 Å². The van der Waals surface area contributed by atoms with E-state index < -0.39 is 2.14 Å². The maximum atomic E-state index is 3.98. The minimum Gasteiger partial charge on any atom is -0.181 e. The summed E-state index contributed by atoms with van der Waals surface area (Å²) in [5, 5.41) is 0. The van der Waals surface area contributed by atoms with Gasteiger partial charge in [0.2, 0.25) is 0 Å². The van der Waals surface area contributed by atoms with E-state index in [4.69, 9.17) is 0 Å². The van der Waals surface area contributed by atoms with E-state index in [9.17, 15) is 0 Å². The lowest BCUT2D eigenvalue weighted by molar-refractivity contribution is 1.25. The lowest BCUT2D eigenvalue weighted by Crippen LogP contribution is -1.96. The lowest BCUT2D eigenvalue weighted by atomic mass is 10.6. The third-order valence-corrected chi connectivity index (χ3v) is 2.35. The molecular formula is C3HBr3N2S. The summed E-state index contributed by atoms with van der Waals surface area (Å²) < 4.78 is 7.40. The van der Waals surface area contributed by atoms with Crippen molar-refractivity contribution in [2.45, 2.75) is 2.14 Å². The molecule has 1 heterocycles. The molecule has 0 fully saturated rings. The van der Waals surface area contributed by atoms with Gasteiger partial charge in [0.15, 0.2) is 2.14 Å². The van der Waals surface area contributed by atoms with Crippen LogP contribution in [-0.4, -0.2) is 8.75 Å². The van der Waals surface area contributed by atoms with Crippen LogP contribution in [0.1, 0.15) is 5.69 Å². The number of aromatic nitrogens is 2. The molecule has 9 heavy (non-hydrogen) atoms. The van der Waals surface area contributed by atoms with Gasteiger partial charge in [0, 0.05) is 0 Å². The van der Waals surface area contributed by atoms with Crippen LogP contribution in [-0.2, 0) is 2.14 Å². The van der Waals surface area contributed by atoms with E-state index in [1.165, 1.54) is 11.7 Å². The van der Waals surface area contributed by atoms with Crippen LogP contribution in [0.15, 0.2) is 6.20 Å². The van der Waals surface area contributed by atoms with E-state index in [1.54, 1.807) is 6.20 Å².